The van der Waals surface area contributed by atoms with Crippen LogP contribution in [0.5, 0.6) is 0 Å². The Morgan fingerprint density at radius 1 is 1.40 bits per heavy atom. The molecule has 1 aromatic heterocycles. The Morgan fingerprint density at radius 3 is 2.80 bits per heavy atom. The molecule has 15 heavy (non-hydrogen) atoms. The molecule has 0 aromatic carbocycles. The average Bonchev–Trinajstić information content (AvgIpc) is 2.89. The summed E-state index contributed by atoms with van der Waals surface area (Å²) in [4.78, 5) is 0. The summed E-state index contributed by atoms with van der Waals surface area (Å²) in [6.45, 7) is 2.73. The van der Waals surface area contributed by atoms with E-state index in [1.807, 2.05) is 6.07 Å². The second-order valence-corrected chi connectivity index (χ2v) is 4.65. The summed E-state index contributed by atoms with van der Waals surface area (Å²) in [5, 5.41) is 3.48. The normalized spacial score (nSPS) is 19.5. The molecule has 0 spiro atoms. The molecule has 0 aliphatic heterocycles. The first-order chi connectivity index (χ1) is 7.35. The van der Waals surface area contributed by atoms with Crippen molar-refractivity contribution in [2.24, 2.45) is 11.1 Å². The minimum atomic E-state index is 0.365. The largest absolute Gasteiger partial charge is 0.472 e. The summed E-state index contributed by atoms with van der Waals surface area (Å²) in [5.74, 6) is 0. The van der Waals surface area contributed by atoms with Gasteiger partial charge in [-0.3, -0.25) is 0 Å². The van der Waals surface area contributed by atoms with Gasteiger partial charge in [0.05, 0.1) is 12.5 Å². The first kappa shape index (κ1) is 10.7. The highest BCUT2D eigenvalue weighted by molar-refractivity contribution is 5.04. The van der Waals surface area contributed by atoms with E-state index in [0.29, 0.717) is 5.41 Å². The van der Waals surface area contributed by atoms with Crippen molar-refractivity contribution in [3.63, 3.8) is 0 Å². The lowest BCUT2D eigenvalue weighted by atomic mass is 9.86. The van der Waals surface area contributed by atoms with Crippen molar-refractivity contribution < 1.29 is 4.42 Å². The zero-order valence-corrected chi connectivity index (χ0v) is 9.17. The molecule has 0 bridgehead atoms. The molecule has 0 unspecified atom stereocenters. The van der Waals surface area contributed by atoms with Gasteiger partial charge in [0.2, 0.25) is 0 Å². The topological polar surface area (TPSA) is 51.2 Å². The second-order valence-electron chi connectivity index (χ2n) is 4.65. The van der Waals surface area contributed by atoms with Gasteiger partial charge in [-0.2, -0.15) is 0 Å². The highest BCUT2D eigenvalue weighted by Crippen LogP contribution is 2.36. The molecule has 1 fully saturated rings. The van der Waals surface area contributed by atoms with E-state index in [1.165, 1.54) is 31.2 Å². The van der Waals surface area contributed by atoms with Gasteiger partial charge in [0.15, 0.2) is 0 Å². The summed E-state index contributed by atoms with van der Waals surface area (Å²) in [5.41, 5.74) is 7.44. The van der Waals surface area contributed by atoms with Crippen LogP contribution in [0.4, 0.5) is 0 Å². The van der Waals surface area contributed by atoms with Gasteiger partial charge in [-0.1, -0.05) is 12.8 Å². The highest BCUT2D eigenvalue weighted by Gasteiger charge is 2.31. The van der Waals surface area contributed by atoms with E-state index >= 15 is 0 Å². The lowest BCUT2D eigenvalue weighted by Crippen LogP contribution is -2.37. The maximum Gasteiger partial charge on any atom is 0.0947 e. The van der Waals surface area contributed by atoms with E-state index in [2.05, 4.69) is 5.32 Å². The fourth-order valence-corrected chi connectivity index (χ4v) is 2.44. The van der Waals surface area contributed by atoms with Crippen LogP contribution in [0.3, 0.4) is 0 Å². The van der Waals surface area contributed by atoms with E-state index in [0.717, 1.165) is 19.6 Å². The SMILES string of the molecule is NCC1(CNCc2ccoc2)CCCC1. The van der Waals surface area contributed by atoms with Crippen molar-refractivity contribution in [2.45, 2.75) is 32.2 Å². The van der Waals surface area contributed by atoms with Gasteiger partial charge in [0.1, 0.15) is 0 Å². The Balaban J connectivity index is 1.77. The molecule has 0 radical (unpaired) electrons. The van der Waals surface area contributed by atoms with Gasteiger partial charge in [-0.15, -0.1) is 0 Å². The Labute approximate surface area is 91.0 Å². The maximum atomic E-state index is 5.87. The molecule has 3 heteroatoms. The van der Waals surface area contributed by atoms with Gasteiger partial charge in [-0.05, 0) is 30.9 Å². The molecular weight excluding hydrogens is 188 g/mol. The fraction of sp³-hybridized carbons (Fsp3) is 0.667. The molecule has 1 aliphatic carbocycles. The fourth-order valence-electron chi connectivity index (χ4n) is 2.44. The van der Waals surface area contributed by atoms with E-state index in [-0.39, 0.29) is 0 Å². The van der Waals surface area contributed by atoms with E-state index in [4.69, 9.17) is 10.2 Å². The summed E-state index contributed by atoms with van der Waals surface area (Å²) < 4.78 is 5.02. The van der Waals surface area contributed by atoms with Crippen LogP contribution in [0.25, 0.3) is 0 Å². The van der Waals surface area contributed by atoms with Crippen molar-refractivity contribution in [1.29, 1.82) is 0 Å². The van der Waals surface area contributed by atoms with E-state index < -0.39 is 0 Å². The maximum absolute atomic E-state index is 5.87. The summed E-state index contributed by atoms with van der Waals surface area (Å²) in [6.07, 6.45) is 8.74. The molecule has 84 valence electrons. The summed E-state index contributed by atoms with van der Waals surface area (Å²) in [7, 11) is 0. The molecule has 0 amide bonds. The van der Waals surface area contributed by atoms with Crippen LogP contribution in [0.2, 0.25) is 0 Å². The minimum absolute atomic E-state index is 0.365. The van der Waals surface area contributed by atoms with Crippen molar-refractivity contribution in [1.82, 2.24) is 5.32 Å². The predicted molar refractivity (Wildman–Crippen MR) is 60.4 cm³/mol. The van der Waals surface area contributed by atoms with E-state index in [9.17, 15) is 0 Å². The summed E-state index contributed by atoms with van der Waals surface area (Å²) >= 11 is 0. The molecule has 2 rings (SSSR count). The zero-order chi connectivity index (χ0) is 10.6. The smallest absolute Gasteiger partial charge is 0.0947 e. The van der Waals surface area contributed by atoms with Crippen LogP contribution in [-0.2, 0) is 6.54 Å². The number of furan rings is 1. The number of hydrogen-bond acceptors (Lipinski definition) is 3. The first-order valence-corrected chi connectivity index (χ1v) is 5.77. The van der Waals surface area contributed by atoms with Gasteiger partial charge < -0.3 is 15.5 Å². The lowest BCUT2D eigenvalue weighted by Gasteiger charge is -2.27. The monoisotopic (exact) mass is 208 g/mol. The molecule has 3 N–H and O–H groups in total. The number of hydrogen-bond donors (Lipinski definition) is 2. The first-order valence-electron chi connectivity index (χ1n) is 5.77. The average molecular weight is 208 g/mol. The molecule has 1 aliphatic rings. The van der Waals surface area contributed by atoms with Crippen LogP contribution in [0.15, 0.2) is 23.0 Å². The third kappa shape index (κ3) is 2.61. The third-order valence-electron chi connectivity index (χ3n) is 3.51. The van der Waals surface area contributed by atoms with Crippen molar-refractivity contribution in [2.75, 3.05) is 13.1 Å². The van der Waals surface area contributed by atoms with Gasteiger partial charge >= 0.3 is 0 Å². The molecule has 3 nitrogen and oxygen atoms in total. The van der Waals surface area contributed by atoms with E-state index in [1.54, 1.807) is 12.5 Å². The van der Waals surface area contributed by atoms with Crippen molar-refractivity contribution in [3.05, 3.63) is 24.2 Å². The quantitative estimate of drug-likeness (QED) is 0.777. The molecule has 0 saturated heterocycles. The van der Waals surface area contributed by atoms with Gasteiger partial charge in [0.25, 0.3) is 0 Å². The van der Waals surface area contributed by atoms with Crippen molar-refractivity contribution in [3.8, 4) is 0 Å². The van der Waals surface area contributed by atoms with Gasteiger partial charge in [0, 0.05) is 18.7 Å². The van der Waals surface area contributed by atoms with Gasteiger partial charge in [-0.25, -0.2) is 0 Å². The van der Waals surface area contributed by atoms with Crippen molar-refractivity contribution >= 4 is 0 Å². The lowest BCUT2D eigenvalue weighted by molar-refractivity contribution is 0.290. The summed E-state index contributed by atoms with van der Waals surface area (Å²) in [6, 6.07) is 2.00. The van der Waals surface area contributed by atoms with Crippen LogP contribution in [0, 0.1) is 5.41 Å². The molecule has 1 saturated carbocycles. The Morgan fingerprint density at radius 2 is 2.20 bits per heavy atom. The highest BCUT2D eigenvalue weighted by atomic mass is 16.3. The second kappa shape index (κ2) is 4.81. The molecule has 1 aromatic rings. The Kier molecular flexibility index (Phi) is 3.44. The zero-order valence-electron chi connectivity index (χ0n) is 9.17. The van der Waals surface area contributed by atoms with Crippen LogP contribution in [0.1, 0.15) is 31.2 Å². The molecule has 0 atom stereocenters. The minimum Gasteiger partial charge on any atom is -0.472 e. The number of rotatable bonds is 5. The number of nitrogens with one attached hydrogen (secondary N) is 1. The molecular formula is C12H20N2O. The Hall–Kier alpha value is -0.800. The predicted octanol–water partition coefficient (Wildman–Crippen LogP) is 1.89. The van der Waals surface area contributed by atoms with Crippen LogP contribution < -0.4 is 11.1 Å². The molecule has 1 heterocycles. The Bertz CT molecular complexity index is 276. The standard InChI is InChI=1S/C12H20N2O/c13-9-12(4-1-2-5-12)10-14-7-11-3-6-15-8-11/h3,6,8,14H,1-2,4-5,7,9-10,13H2. The third-order valence-corrected chi connectivity index (χ3v) is 3.51. The van der Waals surface area contributed by atoms with Crippen LogP contribution >= 0.6 is 0 Å². The number of nitrogens with two attached hydrogens (primary N) is 1. The van der Waals surface area contributed by atoms with Crippen LogP contribution in [-0.4, -0.2) is 13.1 Å².